The standard InChI is InChI=1S/C14H19N3OS/c1-10-9-11(2)17(16-10)8-4-7-15-14(18)13-6-5-12(3)19-13/h5-6,9H,4,7-8H2,1-3H3,(H,15,18). The first-order valence-electron chi connectivity index (χ1n) is 6.42. The van der Waals surface area contributed by atoms with Crippen molar-refractivity contribution in [2.75, 3.05) is 6.54 Å². The number of hydrogen-bond acceptors (Lipinski definition) is 3. The molecule has 0 atom stereocenters. The largest absolute Gasteiger partial charge is 0.351 e. The minimum absolute atomic E-state index is 0.0199. The van der Waals surface area contributed by atoms with E-state index in [1.165, 1.54) is 11.3 Å². The molecule has 0 unspecified atom stereocenters. The zero-order valence-electron chi connectivity index (χ0n) is 11.6. The predicted octanol–water partition coefficient (Wildman–Crippen LogP) is 2.69. The Kier molecular flexibility index (Phi) is 4.37. The smallest absolute Gasteiger partial charge is 0.261 e. The Morgan fingerprint density at radius 2 is 2.16 bits per heavy atom. The summed E-state index contributed by atoms with van der Waals surface area (Å²) in [5.74, 6) is 0.0199. The fourth-order valence-electron chi connectivity index (χ4n) is 1.98. The molecule has 0 radical (unpaired) electrons. The van der Waals surface area contributed by atoms with Gasteiger partial charge in [0.15, 0.2) is 0 Å². The summed E-state index contributed by atoms with van der Waals surface area (Å²) in [4.78, 5) is 13.8. The number of amides is 1. The monoisotopic (exact) mass is 277 g/mol. The molecule has 0 saturated heterocycles. The van der Waals surface area contributed by atoms with Crippen LogP contribution in [0.15, 0.2) is 18.2 Å². The Labute approximate surface area is 117 Å². The van der Waals surface area contributed by atoms with Gasteiger partial charge >= 0.3 is 0 Å². The van der Waals surface area contributed by atoms with E-state index in [2.05, 4.69) is 16.5 Å². The molecule has 0 spiro atoms. The summed E-state index contributed by atoms with van der Waals surface area (Å²) in [6.45, 7) is 7.55. The summed E-state index contributed by atoms with van der Waals surface area (Å²) in [6.07, 6.45) is 0.887. The second-order valence-electron chi connectivity index (χ2n) is 4.67. The summed E-state index contributed by atoms with van der Waals surface area (Å²) in [6, 6.07) is 5.90. The van der Waals surface area contributed by atoms with Crippen LogP contribution in [0, 0.1) is 20.8 Å². The minimum Gasteiger partial charge on any atom is -0.351 e. The van der Waals surface area contributed by atoms with Crippen molar-refractivity contribution in [1.29, 1.82) is 0 Å². The first kappa shape index (κ1) is 13.8. The van der Waals surface area contributed by atoms with Crippen LogP contribution in [0.1, 0.15) is 32.4 Å². The van der Waals surface area contributed by atoms with E-state index in [-0.39, 0.29) is 5.91 Å². The van der Waals surface area contributed by atoms with Crippen LogP contribution in [0.3, 0.4) is 0 Å². The number of carbonyl (C=O) groups excluding carboxylic acids is 1. The summed E-state index contributed by atoms with van der Waals surface area (Å²) in [7, 11) is 0. The van der Waals surface area contributed by atoms with Crippen LogP contribution < -0.4 is 5.32 Å². The van der Waals surface area contributed by atoms with Crippen LogP contribution in [0.25, 0.3) is 0 Å². The molecule has 1 N–H and O–H groups in total. The van der Waals surface area contributed by atoms with Crippen molar-refractivity contribution in [3.05, 3.63) is 39.3 Å². The number of aryl methyl sites for hydroxylation is 4. The Hall–Kier alpha value is -1.62. The lowest BCUT2D eigenvalue weighted by atomic mass is 10.3. The van der Waals surface area contributed by atoms with Crippen molar-refractivity contribution in [2.24, 2.45) is 0 Å². The molecular formula is C14H19N3OS. The zero-order valence-corrected chi connectivity index (χ0v) is 12.4. The van der Waals surface area contributed by atoms with Crippen molar-refractivity contribution < 1.29 is 4.79 Å². The Bertz CT molecular complexity index is 571. The number of nitrogens with zero attached hydrogens (tertiary/aromatic N) is 2. The maximum Gasteiger partial charge on any atom is 0.261 e. The van der Waals surface area contributed by atoms with E-state index in [1.54, 1.807) is 0 Å². The molecule has 2 heterocycles. The maximum absolute atomic E-state index is 11.8. The number of hydrogen-bond donors (Lipinski definition) is 1. The second kappa shape index (κ2) is 6.02. The molecule has 0 aliphatic rings. The van der Waals surface area contributed by atoms with Crippen molar-refractivity contribution in [2.45, 2.75) is 33.7 Å². The molecular weight excluding hydrogens is 258 g/mol. The van der Waals surface area contributed by atoms with E-state index in [0.717, 1.165) is 34.1 Å². The zero-order chi connectivity index (χ0) is 13.8. The highest BCUT2D eigenvalue weighted by Gasteiger charge is 2.07. The number of nitrogens with one attached hydrogen (secondary N) is 1. The fraction of sp³-hybridized carbons (Fsp3) is 0.429. The van der Waals surface area contributed by atoms with E-state index in [9.17, 15) is 4.79 Å². The van der Waals surface area contributed by atoms with Gasteiger partial charge in [-0.15, -0.1) is 11.3 Å². The first-order chi connectivity index (χ1) is 9.06. The average Bonchev–Trinajstić information content (AvgIpc) is 2.91. The molecule has 2 aromatic rings. The molecule has 0 aliphatic heterocycles. The third-order valence-corrected chi connectivity index (χ3v) is 3.90. The number of aromatic nitrogens is 2. The lowest BCUT2D eigenvalue weighted by Crippen LogP contribution is -2.24. The quantitative estimate of drug-likeness (QED) is 0.854. The van der Waals surface area contributed by atoms with E-state index in [1.807, 2.05) is 37.6 Å². The maximum atomic E-state index is 11.8. The van der Waals surface area contributed by atoms with E-state index < -0.39 is 0 Å². The van der Waals surface area contributed by atoms with E-state index in [0.29, 0.717) is 6.54 Å². The highest BCUT2D eigenvalue weighted by molar-refractivity contribution is 7.13. The molecule has 0 saturated carbocycles. The van der Waals surface area contributed by atoms with Crippen LogP contribution in [-0.2, 0) is 6.54 Å². The second-order valence-corrected chi connectivity index (χ2v) is 5.96. The van der Waals surface area contributed by atoms with Crippen molar-refractivity contribution in [1.82, 2.24) is 15.1 Å². The summed E-state index contributed by atoms with van der Waals surface area (Å²) in [5.41, 5.74) is 2.20. The van der Waals surface area contributed by atoms with Gasteiger partial charge in [0.25, 0.3) is 5.91 Å². The molecule has 0 aromatic carbocycles. The van der Waals surface area contributed by atoms with Crippen LogP contribution in [0.4, 0.5) is 0 Å². The van der Waals surface area contributed by atoms with Gasteiger partial charge in [-0.1, -0.05) is 0 Å². The van der Waals surface area contributed by atoms with Crippen LogP contribution in [0.5, 0.6) is 0 Å². The van der Waals surface area contributed by atoms with Gasteiger partial charge in [-0.3, -0.25) is 9.48 Å². The third-order valence-electron chi connectivity index (χ3n) is 2.90. The summed E-state index contributed by atoms with van der Waals surface area (Å²) < 4.78 is 1.98. The Morgan fingerprint density at radius 1 is 1.37 bits per heavy atom. The van der Waals surface area contributed by atoms with Crippen molar-refractivity contribution in [3.8, 4) is 0 Å². The molecule has 2 aromatic heterocycles. The molecule has 102 valence electrons. The van der Waals surface area contributed by atoms with E-state index in [4.69, 9.17) is 0 Å². The normalized spacial score (nSPS) is 10.7. The number of thiophene rings is 1. The lowest BCUT2D eigenvalue weighted by molar-refractivity contribution is 0.0956. The minimum atomic E-state index is 0.0199. The van der Waals surface area contributed by atoms with Gasteiger partial charge in [0, 0.05) is 23.7 Å². The van der Waals surface area contributed by atoms with Gasteiger partial charge in [-0.05, 0) is 45.4 Å². The SMILES string of the molecule is Cc1cc(C)n(CCCNC(=O)c2ccc(C)s2)n1. The topological polar surface area (TPSA) is 46.9 Å². The van der Waals surface area contributed by atoms with Gasteiger partial charge in [0.05, 0.1) is 10.6 Å². The molecule has 4 nitrogen and oxygen atoms in total. The highest BCUT2D eigenvalue weighted by Crippen LogP contribution is 2.14. The van der Waals surface area contributed by atoms with Crippen LogP contribution >= 0.6 is 11.3 Å². The van der Waals surface area contributed by atoms with Crippen LogP contribution in [0.2, 0.25) is 0 Å². The van der Waals surface area contributed by atoms with Crippen molar-refractivity contribution in [3.63, 3.8) is 0 Å². The van der Waals surface area contributed by atoms with Crippen molar-refractivity contribution >= 4 is 17.2 Å². The lowest BCUT2D eigenvalue weighted by Gasteiger charge is -2.05. The Morgan fingerprint density at radius 3 is 2.74 bits per heavy atom. The molecule has 19 heavy (non-hydrogen) atoms. The predicted molar refractivity (Wildman–Crippen MR) is 77.7 cm³/mol. The number of carbonyl (C=O) groups is 1. The Balaban J connectivity index is 1.75. The van der Waals surface area contributed by atoms with Gasteiger partial charge in [0.1, 0.15) is 0 Å². The molecule has 2 rings (SSSR count). The first-order valence-corrected chi connectivity index (χ1v) is 7.23. The summed E-state index contributed by atoms with van der Waals surface area (Å²) in [5, 5.41) is 7.33. The van der Waals surface area contributed by atoms with E-state index >= 15 is 0 Å². The summed E-state index contributed by atoms with van der Waals surface area (Å²) >= 11 is 1.53. The molecule has 0 bridgehead atoms. The van der Waals surface area contributed by atoms with Gasteiger partial charge < -0.3 is 5.32 Å². The van der Waals surface area contributed by atoms with Crippen LogP contribution in [-0.4, -0.2) is 22.2 Å². The van der Waals surface area contributed by atoms with Gasteiger partial charge in [-0.2, -0.15) is 5.10 Å². The number of rotatable bonds is 5. The fourth-order valence-corrected chi connectivity index (χ4v) is 2.76. The van der Waals surface area contributed by atoms with Gasteiger partial charge in [-0.25, -0.2) is 0 Å². The third kappa shape index (κ3) is 3.67. The van der Waals surface area contributed by atoms with Gasteiger partial charge in [0.2, 0.25) is 0 Å². The highest BCUT2D eigenvalue weighted by atomic mass is 32.1. The molecule has 0 fully saturated rings. The molecule has 5 heteroatoms. The molecule has 1 amide bonds. The average molecular weight is 277 g/mol. The molecule has 0 aliphatic carbocycles.